The van der Waals surface area contributed by atoms with Gasteiger partial charge in [0.2, 0.25) is 5.91 Å². The lowest BCUT2D eigenvalue weighted by Gasteiger charge is -2.15. The fraction of sp³-hybridized carbons (Fsp3) is 0.312. The van der Waals surface area contributed by atoms with E-state index in [-0.39, 0.29) is 12.5 Å². The number of ether oxygens (including phenoxy) is 2. The number of benzene rings is 1. The number of hydrogen-bond acceptors (Lipinski definition) is 5. The first-order valence-electron chi connectivity index (χ1n) is 6.89. The number of amides is 2. The van der Waals surface area contributed by atoms with Crippen LogP contribution in [0.2, 0.25) is 0 Å². The Balaban J connectivity index is 2.45. The summed E-state index contributed by atoms with van der Waals surface area (Å²) in [5.41, 5.74) is 0.768. The van der Waals surface area contributed by atoms with Crippen LogP contribution in [0.5, 0.6) is 5.75 Å². The van der Waals surface area contributed by atoms with Crippen molar-refractivity contribution in [2.75, 3.05) is 34.4 Å². The Morgan fingerprint density at radius 1 is 1.30 bits per heavy atom. The Hall–Kier alpha value is -2.83. The number of hydrogen-bond donors (Lipinski definition) is 1. The van der Waals surface area contributed by atoms with Gasteiger partial charge in [0.1, 0.15) is 5.75 Å². The predicted octanol–water partition coefficient (Wildman–Crippen LogP) is 0.456. The van der Waals surface area contributed by atoms with Crippen LogP contribution in [0.15, 0.2) is 30.3 Å². The van der Waals surface area contributed by atoms with Crippen molar-refractivity contribution in [2.45, 2.75) is 0 Å². The highest BCUT2D eigenvalue weighted by Gasteiger charge is 2.13. The number of carbonyl (C=O) groups excluding carboxylic acids is 3. The van der Waals surface area contributed by atoms with Gasteiger partial charge in [-0.3, -0.25) is 9.59 Å². The number of esters is 1. The number of nitrogens with one attached hydrogen (secondary N) is 1. The van der Waals surface area contributed by atoms with Crippen molar-refractivity contribution in [3.8, 4) is 5.75 Å². The van der Waals surface area contributed by atoms with Crippen LogP contribution in [0, 0.1) is 0 Å². The minimum absolute atomic E-state index is 0.0907. The maximum Gasteiger partial charge on any atom is 0.331 e. The van der Waals surface area contributed by atoms with Crippen molar-refractivity contribution < 1.29 is 23.9 Å². The number of methoxy groups -OCH3 is 1. The molecule has 0 aromatic heterocycles. The highest BCUT2D eigenvalue weighted by atomic mass is 16.5. The van der Waals surface area contributed by atoms with Crippen LogP contribution in [0.4, 0.5) is 0 Å². The van der Waals surface area contributed by atoms with Crippen molar-refractivity contribution >= 4 is 23.9 Å². The average molecular weight is 320 g/mol. The second-order valence-electron chi connectivity index (χ2n) is 4.64. The molecule has 124 valence electrons. The molecular formula is C16H20N2O5. The van der Waals surface area contributed by atoms with E-state index in [0.29, 0.717) is 5.75 Å². The molecule has 23 heavy (non-hydrogen) atoms. The normalized spacial score (nSPS) is 10.2. The van der Waals surface area contributed by atoms with Gasteiger partial charge in [-0.05, 0) is 23.8 Å². The largest absolute Gasteiger partial charge is 0.497 e. The van der Waals surface area contributed by atoms with E-state index in [2.05, 4.69) is 5.32 Å². The summed E-state index contributed by atoms with van der Waals surface area (Å²) in [6.07, 6.45) is 2.78. The van der Waals surface area contributed by atoms with Gasteiger partial charge in [-0.25, -0.2) is 4.79 Å². The summed E-state index contributed by atoms with van der Waals surface area (Å²) in [5, 5.41) is 2.40. The van der Waals surface area contributed by atoms with E-state index in [0.717, 1.165) is 5.56 Å². The molecule has 0 aliphatic carbocycles. The molecule has 1 aromatic carbocycles. The molecule has 1 rings (SSSR count). The third kappa shape index (κ3) is 6.64. The summed E-state index contributed by atoms with van der Waals surface area (Å²) in [6.45, 7) is -0.513. The monoisotopic (exact) mass is 320 g/mol. The zero-order chi connectivity index (χ0) is 17.2. The highest BCUT2D eigenvalue weighted by Crippen LogP contribution is 2.13. The topological polar surface area (TPSA) is 84.9 Å². The molecular weight excluding hydrogens is 300 g/mol. The molecule has 0 aliphatic rings. The van der Waals surface area contributed by atoms with Crippen LogP contribution >= 0.6 is 0 Å². The Labute approximate surface area is 134 Å². The zero-order valence-corrected chi connectivity index (χ0v) is 13.4. The molecule has 0 atom stereocenters. The molecule has 0 saturated heterocycles. The molecule has 0 unspecified atom stereocenters. The summed E-state index contributed by atoms with van der Waals surface area (Å²) in [6, 6.07) is 7.14. The molecule has 0 spiro atoms. The quantitative estimate of drug-likeness (QED) is 0.583. The van der Waals surface area contributed by atoms with Crippen molar-refractivity contribution in [2.24, 2.45) is 0 Å². The summed E-state index contributed by atoms with van der Waals surface area (Å²) < 4.78 is 9.91. The second-order valence-corrected chi connectivity index (χ2v) is 4.64. The molecule has 0 saturated carbocycles. The van der Waals surface area contributed by atoms with Crippen LogP contribution in [-0.2, 0) is 19.1 Å². The SMILES string of the molecule is CNC(=O)CN(C)C(=O)COC(=O)/C=C/c1cccc(OC)c1. The second kappa shape index (κ2) is 9.24. The predicted molar refractivity (Wildman–Crippen MR) is 84.7 cm³/mol. The van der Waals surface area contributed by atoms with Crippen LogP contribution in [-0.4, -0.2) is 57.0 Å². The van der Waals surface area contributed by atoms with Gasteiger partial charge in [0.25, 0.3) is 5.91 Å². The zero-order valence-electron chi connectivity index (χ0n) is 13.4. The highest BCUT2D eigenvalue weighted by molar-refractivity contribution is 5.90. The van der Waals surface area contributed by atoms with Gasteiger partial charge in [0.05, 0.1) is 13.7 Å². The lowest BCUT2D eigenvalue weighted by Crippen LogP contribution is -2.38. The minimum Gasteiger partial charge on any atom is -0.497 e. The number of carbonyl (C=O) groups is 3. The fourth-order valence-electron chi connectivity index (χ4n) is 1.58. The van der Waals surface area contributed by atoms with Gasteiger partial charge in [-0.1, -0.05) is 12.1 Å². The summed E-state index contributed by atoms with van der Waals surface area (Å²) in [5.74, 6) is -0.733. The molecule has 1 aromatic rings. The number of likely N-dealkylation sites (N-methyl/N-ethyl adjacent to an activating group) is 2. The van der Waals surface area contributed by atoms with Gasteiger partial charge in [-0.2, -0.15) is 0 Å². The maximum atomic E-state index is 11.7. The van der Waals surface area contributed by atoms with E-state index >= 15 is 0 Å². The third-order valence-corrected chi connectivity index (χ3v) is 2.93. The molecule has 0 fully saturated rings. The van der Waals surface area contributed by atoms with Crippen molar-refractivity contribution in [1.29, 1.82) is 0 Å². The Bertz CT molecular complexity index is 598. The summed E-state index contributed by atoms with van der Waals surface area (Å²) in [4.78, 5) is 35.6. The molecule has 0 bridgehead atoms. The van der Waals surface area contributed by atoms with E-state index in [1.165, 1.54) is 25.1 Å². The van der Waals surface area contributed by atoms with Crippen LogP contribution < -0.4 is 10.1 Å². The molecule has 0 radical (unpaired) electrons. The number of rotatable bonds is 7. The van der Waals surface area contributed by atoms with E-state index in [4.69, 9.17) is 9.47 Å². The molecule has 2 amide bonds. The van der Waals surface area contributed by atoms with Crippen LogP contribution in [0.25, 0.3) is 6.08 Å². The first kappa shape index (κ1) is 18.2. The smallest absolute Gasteiger partial charge is 0.331 e. The van der Waals surface area contributed by atoms with Gasteiger partial charge in [0, 0.05) is 20.2 Å². The Morgan fingerprint density at radius 3 is 2.70 bits per heavy atom. The molecule has 7 heteroatoms. The van der Waals surface area contributed by atoms with Crippen molar-refractivity contribution in [1.82, 2.24) is 10.2 Å². The van der Waals surface area contributed by atoms with E-state index < -0.39 is 18.5 Å². The summed E-state index contributed by atoms with van der Waals surface area (Å²) >= 11 is 0. The summed E-state index contributed by atoms with van der Waals surface area (Å²) in [7, 11) is 4.49. The van der Waals surface area contributed by atoms with Crippen LogP contribution in [0.1, 0.15) is 5.56 Å². The lowest BCUT2D eigenvalue weighted by atomic mass is 10.2. The Morgan fingerprint density at radius 2 is 2.04 bits per heavy atom. The van der Waals surface area contributed by atoms with Gasteiger partial charge in [-0.15, -0.1) is 0 Å². The molecule has 1 N–H and O–H groups in total. The minimum atomic E-state index is -0.644. The van der Waals surface area contributed by atoms with E-state index in [9.17, 15) is 14.4 Å². The third-order valence-electron chi connectivity index (χ3n) is 2.93. The first-order valence-corrected chi connectivity index (χ1v) is 6.89. The maximum absolute atomic E-state index is 11.7. The Kier molecular flexibility index (Phi) is 7.32. The average Bonchev–Trinajstić information content (AvgIpc) is 2.57. The molecule has 0 heterocycles. The van der Waals surface area contributed by atoms with E-state index in [1.807, 2.05) is 0 Å². The molecule has 7 nitrogen and oxygen atoms in total. The fourth-order valence-corrected chi connectivity index (χ4v) is 1.58. The standard InChI is InChI=1S/C16H20N2O5/c1-17-14(19)10-18(2)15(20)11-23-16(21)8-7-12-5-4-6-13(9-12)22-3/h4-9H,10-11H2,1-3H3,(H,17,19)/b8-7+. The van der Waals surface area contributed by atoms with Gasteiger partial charge < -0.3 is 19.7 Å². The van der Waals surface area contributed by atoms with Crippen molar-refractivity contribution in [3.63, 3.8) is 0 Å². The van der Waals surface area contributed by atoms with Gasteiger partial charge in [0.15, 0.2) is 6.61 Å². The van der Waals surface area contributed by atoms with Gasteiger partial charge >= 0.3 is 5.97 Å². The van der Waals surface area contributed by atoms with Crippen molar-refractivity contribution in [3.05, 3.63) is 35.9 Å². The first-order chi connectivity index (χ1) is 11.0. The van der Waals surface area contributed by atoms with E-state index in [1.54, 1.807) is 37.5 Å². The molecule has 0 aliphatic heterocycles. The van der Waals surface area contributed by atoms with Crippen LogP contribution in [0.3, 0.4) is 0 Å². The lowest BCUT2D eigenvalue weighted by molar-refractivity contribution is -0.148. The number of nitrogens with zero attached hydrogens (tertiary/aromatic N) is 1.